The van der Waals surface area contributed by atoms with E-state index in [1.54, 1.807) is 6.07 Å². The van der Waals surface area contributed by atoms with Crippen LogP contribution in [-0.2, 0) is 6.54 Å². The first-order valence-electron chi connectivity index (χ1n) is 6.36. The van der Waals surface area contributed by atoms with Crippen LogP contribution in [0.25, 0.3) is 0 Å². The van der Waals surface area contributed by atoms with Crippen molar-refractivity contribution in [1.29, 1.82) is 0 Å². The maximum atomic E-state index is 6.12. The lowest BCUT2D eigenvalue weighted by Gasteiger charge is -2.11. The molecule has 2 heterocycles. The summed E-state index contributed by atoms with van der Waals surface area (Å²) in [6.07, 6.45) is 0.987. The number of aryl methyl sites for hydroxylation is 1. The molecular formula is C13H16Cl2N4O. The van der Waals surface area contributed by atoms with Crippen molar-refractivity contribution in [1.82, 2.24) is 10.1 Å². The molecule has 7 heteroatoms. The van der Waals surface area contributed by atoms with Gasteiger partial charge in [-0.25, -0.2) is 4.98 Å². The Balaban J connectivity index is 2.09. The minimum atomic E-state index is 0.461. The van der Waals surface area contributed by atoms with Crippen molar-refractivity contribution < 1.29 is 4.52 Å². The molecule has 0 aliphatic rings. The molecule has 20 heavy (non-hydrogen) atoms. The zero-order valence-electron chi connectivity index (χ0n) is 11.3. The van der Waals surface area contributed by atoms with Gasteiger partial charge in [0, 0.05) is 12.6 Å². The van der Waals surface area contributed by atoms with Crippen LogP contribution in [0.2, 0.25) is 10.0 Å². The molecule has 108 valence electrons. The van der Waals surface area contributed by atoms with E-state index in [9.17, 15) is 0 Å². The van der Waals surface area contributed by atoms with Gasteiger partial charge in [-0.3, -0.25) is 0 Å². The molecule has 0 aliphatic carbocycles. The third-order valence-electron chi connectivity index (χ3n) is 2.58. The zero-order valence-corrected chi connectivity index (χ0v) is 12.8. The van der Waals surface area contributed by atoms with Crippen molar-refractivity contribution >= 4 is 34.8 Å². The van der Waals surface area contributed by atoms with Crippen LogP contribution >= 0.6 is 23.2 Å². The van der Waals surface area contributed by atoms with Crippen molar-refractivity contribution in [2.24, 2.45) is 0 Å². The summed E-state index contributed by atoms with van der Waals surface area (Å²) in [5, 5.41) is 11.1. The molecule has 2 rings (SSSR count). The largest absolute Gasteiger partial charge is 0.369 e. The molecule has 0 fully saturated rings. The predicted octanol–water partition coefficient (Wildman–Crippen LogP) is 4.12. The van der Waals surface area contributed by atoms with Gasteiger partial charge in [0.15, 0.2) is 5.76 Å². The van der Waals surface area contributed by atoms with Gasteiger partial charge in [-0.05, 0) is 19.4 Å². The first kappa shape index (κ1) is 14.9. The van der Waals surface area contributed by atoms with E-state index in [-0.39, 0.29) is 0 Å². The van der Waals surface area contributed by atoms with Gasteiger partial charge in [-0.1, -0.05) is 35.3 Å². The molecule has 0 spiro atoms. The van der Waals surface area contributed by atoms with E-state index in [4.69, 9.17) is 27.7 Å². The van der Waals surface area contributed by atoms with E-state index in [0.29, 0.717) is 28.2 Å². The van der Waals surface area contributed by atoms with Gasteiger partial charge in [-0.2, -0.15) is 0 Å². The average Bonchev–Trinajstić information content (AvgIpc) is 2.82. The molecule has 0 saturated carbocycles. The minimum Gasteiger partial charge on any atom is -0.369 e. The van der Waals surface area contributed by atoms with Crippen LogP contribution in [0.4, 0.5) is 11.6 Å². The second-order valence-electron chi connectivity index (χ2n) is 4.36. The Bertz CT molecular complexity index is 586. The first-order chi connectivity index (χ1) is 9.60. The fourth-order valence-electron chi connectivity index (χ4n) is 1.63. The van der Waals surface area contributed by atoms with Crippen LogP contribution in [0.15, 0.2) is 16.7 Å². The SMILES string of the molecule is CCCNc1nc(NCc2cc(C)no2)c(Cl)cc1Cl. The summed E-state index contributed by atoms with van der Waals surface area (Å²) in [6, 6.07) is 3.52. The van der Waals surface area contributed by atoms with Crippen LogP contribution in [0.1, 0.15) is 24.8 Å². The third kappa shape index (κ3) is 3.77. The Morgan fingerprint density at radius 3 is 2.45 bits per heavy atom. The summed E-state index contributed by atoms with van der Waals surface area (Å²) in [5.41, 5.74) is 0.835. The van der Waals surface area contributed by atoms with Gasteiger partial charge >= 0.3 is 0 Å². The normalized spacial score (nSPS) is 10.6. The van der Waals surface area contributed by atoms with Crippen molar-refractivity contribution in [3.8, 4) is 0 Å². The Morgan fingerprint density at radius 1 is 1.15 bits per heavy atom. The number of anilines is 2. The quantitative estimate of drug-likeness (QED) is 0.839. The van der Waals surface area contributed by atoms with Crippen LogP contribution in [0.5, 0.6) is 0 Å². The van der Waals surface area contributed by atoms with Crippen LogP contribution < -0.4 is 10.6 Å². The molecule has 0 aliphatic heterocycles. The van der Waals surface area contributed by atoms with E-state index < -0.39 is 0 Å². The van der Waals surface area contributed by atoms with Gasteiger partial charge in [0.25, 0.3) is 0 Å². The van der Waals surface area contributed by atoms with Crippen molar-refractivity contribution in [2.75, 3.05) is 17.2 Å². The number of nitrogens with zero attached hydrogens (tertiary/aromatic N) is 2. The fourth-order valence-corrected chi connectivity index (χ4v) is 2.12. The number of aromatic nitrogens is 2. The molecule has 0 radical (unpaired) electrons. The molecule has 0 bridgehead atoms. The maximum Gasteiger partial charge on any atom is 0.156 e. The Kier molecular flexibility index (Phi) is 5.09. The maximum absolute atomic E-state index is 6.12. The van der Waals surface area contributed by atoms with Gasteiger partial charge in [-0.15, -0.1) is 0 Å². The molecule has 0 unspecified atom stereocenters. The number of hydrogen-bond acceptors (Lipinski definition) is 5. The van der Waals surface area contributed by atoms with E-state index in [0.717, 1.165) is 24.4 Å². The average molecular weight is 315 g/mol. The summed E-state index contributed by atoms with van der Waals surface area (Å²) in [7, 11) is 0. The Hall–Kier alpha value is -1.46. The lowest BCUT2D eigenvalue weighted by Crippen LogP contribution is -2.06. The number of halogens is 2. The molecule has 2 aromatic rings. The van der Waals surface area contributed by atoms with Crippen LogP contribution in [-0.4, -0.2) is 16.7 Å². The van der Waals surface area contributed by atoms with Crippen molar-refractivity contribution in [3.63, 3.8) is 0 Å². The van der Waals surface area contributed by atoms with Crippen LogP contribution in [0, 0.1) is 6.92 Å². The van der Waals surface area contributed by atoms with Gasteiger partial charge in [0.05, 0.1) is 22.3 Å². The molecule has 2 aromatic heterocycles. The monoisotopic (exact) mass is 314 g/mol. The number of hydrogen-bond donors (Lipinski definition) is 2. The van der Waals surface area contributed by atoms with E-state index in [1.807, 2.05) is 13.0 Å². The van der Waals surface area contributed by atoms with E-state index >= 15 is 0 Å². The highest BCUT2D eigenvalue weighted by atomic mass is 35.5. The Labute approximate surface area is 127 Å². The summed E-state index contributed by atoms with van der Waals surface area (Å²) < 4.78 is 5.12. The van der Waals surface area contributed by atoms with Crippen LogP contribution in [0.3, 0.4) is 0 Å². The molecule has 0 saturated heterocycles. The first-order valence-corrected chi connectivity index (χ1v) is 7.11. The van der Waals surface area contributed by atoms with Crippen molar-refractivity contribution in [3.05, 3.63) is 33.6 Å². The molecule has 0 amide bonds. The lowest BCUT2D eigenvalue weighted by atomic mass is 10.3. The zero-order chi connectivity index (χ0) is 14.5. The third-order valence-corrected chi connectivity index (χ3v) is 3.16. The highest BCUT2D eigenvalue weighted by Gasteiger charge is 2.10. The topological polar surface area (TPSA) is 63.0 Å². The minimum absolute atomic E-state index is 0.461. The summed E-state index contributed by atoms with van der Waals surface area (Å²) in [6.45, 7) is 5.20. The van der Waals surface area contributed by atoms with Gasteiger partial charge in [0.1, 0.15) is 11.6 Å². The summed E-state index contributed by atoms with van der Waals surface area (Å²) >= 11 is 12.2. The highest BCUT2D eigenvalue weighted by molar-refractivity contribution is 6.37. The number of pyridine rings is 1. The molecule has 0 aromatic carbocycles. The Morgan fingerprint density at radius 2 is 1.85 bits per heavy atom. The molecular weight excluding hydrogens is 299 g/mol. The molecule has 2 N–H and O–H groups in total. The standard InChI is InChI=1S/C13H16Cl2N4O/c1-3-4-16-12-10(14)6-11(15)13(18-12)17-7-9-5-8(2)19-20-9/h5-6H,3-4,7H2,1-2H3,(H2,16,17,18). The molecule has 0 atom stereocenters. The van der Waals surface area contributed by atoms with E-state index in [2.05, 4.69) is 27.7 Å². The van der Waals surface area contributed by atoms with Gasteiger partial charge < -0.3 is 15.2 Å². The van der Waals surface area contributed by atoms with Crippen molar-refractivity contribution in [2.45, 2.75) is 26.8 Å². The smallest absolute Gasteiger partial charge is 0.156 e. The highest BCUT2D eigenvalue weighted by Crippen LogP contribution is 2.29. The van der Waals surface area contributed by atoms with Gasteiger partial charge in [0.2, 0.25) is 0 Å². The number of rotatable bonds is 6. The lowest BCUT2D eigenvalue weighted by molar-refractivity contribution is 0.384. The molecule has 5 nitrogen and oxygen atoms in total. The second kappa shape index (κ2) is 6.81. The summed E-state index contributed by atoms with van der Waals surface area (Å²) in [4.78, 5) is 4.38. The predicted molar refractivity (Wildman–Crippen MR) is 81.6 cm³/mol. The number of nitrogens with one attached hydrogen (secondary N) is 2. The van der Waals surface area contributed by atoms with E-state index in [1.165, 1.54) is 0 Å². The summed E-state index contributed by atoms with van der Waals surface area (Å²) in [5.74, 6) is 1.90. The fraction of sp³-hybridized carbons (Fsp3) is 0.385. The second-order valence-corrected chi connectivity index (χ2v) is 5.18.